The van der Waals surface area contributed by atoms with Crippen molar-refractivity contribution in [1.82, 2.24) is 4.98 Å². The van der Waals surface area contributed by atoms with E-state index in [1.807, 2.05) is 0 Å². The molecule has 8 heteroatoms. The Bertz CT molecular complexity index is 602. The molecule has 1 aromatic heterocycles. The Morgan fingerprint density at radius 2 is 2.22 bits per heavy atom. The first-order valence-electron chi connectivity index (χ1n) is 5.06. The SMILES string of the molecule is O=Cc1cnccc1N1CC(S(=O)(=O)F)CC1=O. The molecular formula is C10H9FN2O4S. The van der Waals surface area contributed by atoms with Crippen molar-refractivity contribution in [1.29, 1.82) is 0 Å². The maximum atomic E-state index is 12.9. The largest absolute Gasteiger partial charge is 0.310 e. The molecule has 96 valence electrons. The van der Waals surface area contributed by atoms with Crippen molar-refractivity contribution in [3.05, 3.63) is 24.0 Å². The fraction of sp³-hybridized carbons (Fsp3) is 0.300. The number of hydrogen-bond donors (Lipinski definition) is 0. The van der Waals surface area contributed by atoms with E-state index in [0.717, 1.165) is 4.90 Å². The number of aromatic nitrogens is 1. The monoisotopic (exact) mass is 272 g/mol. The number of hydrogen-bond acceptors (Lipinski definition) is 5. The zero-order valence-corrected chi connectivity index (χ0v) is 9.93. The minimum Gasteiger partial charge on any atom is -0.310 e. The van der Waals surface area contributed by atoms with E-state index in [9.17, 15) is 21.9 Å². The van der Waals surface area contributed by atoms with Gasteiger partial charge in [-0.05, 0) is 6.07 Å². The van der Waals surface area contributed by atoms with Crippen LogP contribution >= 0.6 is 0 Å². The lowest BCUT2D eigenvalue weighted by atomic mass is 10.2. The first kappa shape index (κ1) is 12.6. The van der Waals surface area contributed by atoms with Gasteiger partial charge in [-0.15, -0.1) is 3.89 Å². The molecule has 6 nitrogen and oxygen atoms in total. The maximum absolute atomic E-state index is 12.9. The molecule has 0 aromatic carbocycles. The van der Waals surface area contributed by atoms with E-state index in [1.54, 1.807) is 0 Å². The van der Waals surface area contributed by atoms with Gasteiger partial charge >= 0.3 is 10.2 Å². The van der Waals surface area contributed by atoms with Gasteiger partial charge in [-0.2, -0.15) is 8.42 Å². The summed E-state index contributed by atoms with van der Waals surface area (Å²) in [4.78, 5) is 27.3. The molecule has 1 aliphatic rings. The van der Waals surface area contributed by atoms with Crippen molar-refractivity contribution in [2.75, 3.05) is 11.4 Å². The molecule has 1 saturated heterocycles. The number of rotatable bonds is 3. The van der Waals surface area contributed by atoms with Crippen molar-refractivity contribution < 1.29 is 21.9 Å². The van der Waals surface area contributed by atoms with Crippen LogP contribution in [0.4, 0.5) is 9.57 Å². The van der Waals surface area contributed by atoms with Gasteiger partial charge in [0.15, 0.2) is 6.29 Å². The topological polar surface area (TPSA) is 84.4 Å². The van der Waals surface area contributed by atoms with E-state index >= 15 is 0 Å². The van der Waals surface area contributed by atoms with Crippen LogP contribution in [0.3, 0.4) is 0 Å². The van der Waals surface area contributed by atoms with Crippen LogP contribution in [0.2, 0.25) is 0 Å². The number of amides is 1. The van der Waals surface area contributed by atoms with Crippen LogP contribution in [-0.2, 0) is 15.0 Å². The van der Waals surface area contributed by atoms with Crippen molar-refractivity contribution in [3.63, 3.8) is 0 Å². The Morgan fingerprint density at radius 3 is 2.78 bits per heavy atom. The molecule has 2 rings (SSSR count). The summed E-state index contributed by atoms with van der Waals surface area (Å²) in [5, 5.41) is -1.38. The minimum atomic E-state index is -4.76. The molecule has 18 heavy (non-hydrogen) atoms. The Balaban J connectivity index is 2.36. The van der Waals surface area contributed by atoms with E-state index in [-0.39, 0.29) is 17.8 Å². The van der Waals surface area contributed by atoms with Gasteiger partial charge < -0.3 is 4.90 Å². The zero-order chi connectivity index (χ0) is 13.3. The molecule has 1 fully saturated rings. The highest BCUT2D eigenvalue weighted by atomic mass is 32.3. The standard InChI is InChI=1S/C10H9FN2O4S/c11-18(16,17)8-3-10(15)13(5-8)9-1-2-12-4-7(9)6-14/h1-2,4,6,8H,3,5H2. The Morgan fingerprint density at radius 1 is 1.50 bits per heavy atom. The highest BCUT2D eigenvalue weighted by Crippen LogP contribution is 2.27. The molecule has 1 unspecified atom stereocenters. The third-order valence-corrected chi connectivity index (χ3v) is 3.85. The molecule has 2 heterocycles. The summed E-state index contributed by atoms with van der Waals surface area (Å²) in [7, 11) is -4.76. The van der Waals surface area contributed by atoms with Gasteiger partial charge in [0.05, 0.1) is 11.3 Å². The average molecular weight is 272 g/mol. The first-order valence-corrected chi connectivity index (χ1v) is 6.51. The number of anilines is 1. The van der Waals surface area contributed by atoms with Gasteiger partial charge in [-0.3, -0.25) is 14.6 Å². The van der Waals surface area contributed by atoms with Crippen LogP contribution in [0.1, 0.15) is 16.8 Å². The van der Waals surface area contributed by atoms with Crippen LogP contribution in [0.25, 0.3) is 0 Å². The Hall–Kier alpha value is -1.83. The van der Waals surface area contributed by atoms with E-state index < -0.39 is 27.8 Å². The van der Waals surface area contributed by atoms with Crippen LogP contribution in [0, 0.1) is 0 Å². The van der Waals surface area contributed by atoms with Crippen molar-refractivity contribution in [3.8, 4) is 0 Å². The fourth-order valence-corrected chi connectivity index (χ4v) is 2.50. The lowest BCUT2D eigenvalue weighted by Crippen LogP contribution is -2.27. The molecule has 0 spiro atoms. The van der Waals surface area contributed by atoms with Gasteiger partial charge in [0.2, 0.25) is 5.91 Å². The van der Waals surface area contributed by atoms with Crippen molar-refractivity contribution >= 4 is 28.1 Å². The van der Waals surface area contributed by atoms with Gasteiger partial charge in [0.1, 0.15) is 5.25 Å². The molecule has 0 bridgehead atoms. The molecule has 0 radical (unpaired) electrons. The molecule has 1 amide bonds. The summed E-state index contributed by atoms with van der Waals surface area (Å²) in [5.41, 5.74) is 0.402. The molecule has 1 aliphatic heterocycles. The Kier molecular flexibility index (Phi) is 3.12. The smallest absolute Gasteiger partial charge is 0.307 e. The molecule has 1 atom stereocenters. The second-order valence-corrected chi connectivity index (χ2v) is 5.48. The van der Waals surface area contributed by atoms with Crippen molar-refractivity contribution in [2.45, 2.75) is 11.7 Å². The maximum Gasteiger partial charge on any atom is 0.307 e. The summed E-state index contributed by atoms with van der Waals surface area (Å²) in [6.45, 7) is -0.289. The highest BCUT2D eigenvalue weighted by molar-refractivity contribution is 7.87. The molecular weight excluding hydrogens is 263 g/mol. The quantitative estimate of drug-likeness (QED) is 0.583. The van der Waals surface area contributed by atoms with Gasteiger partial charge in [0.25, 0.3) is 0 Å². The lowest BCUT2D eigenvalue weighted by molar-refractivity contribution is -0.117. The summed E-state index contributed by atoms with van der Waals surface area (Å²) in [6.07, 6.45) is 2.71. The average Bonchev–Trinajstić information content (AvgIpc) is 2.71. The second-order valence-electron chi connectivity index (χ2n) is 3.86. The number of carbonyl (C=O) groups excluding carboxylic acids is 2. The predicted octanol–water partition coefficient (Wildman–Crippen LogP) is 0.299. The normalized spacial score (nSPS) is 20.2. The highest BCUT2D eigenvalue weighted by Gasteiger charge is 2.39. The second kappa shape index (κ2) is 4.45. The third kappa shape index (κ3) is 2.23. The van der Waals surface area contributed by atoms with E-state index in [2.05, 4.69) is 4.98 Å². The zero-order valence-electron chi connectivity index (χ0n) is 9.11. The van der Waals surface area contributed by atoms with Gasteiger partial charge in [0, 0.05) is 25.4 Å². The summed E-state index contributed by atoms with van der Waals surface area (Å²) in [5.74, 6) is -0.532. The molecule has 0 saturated carbocycles. The predicted molar refractivity (Wildman–Crippen MR) is 60.4 cm³/mol. The number of pyridine rings is 1. The van der Waals surface area contributed by atoms with Crippen LogP contribution in [-0.4, -0.2) is 37.4 Å². The van der Waals surface area contributed by atoms with Crippen LogP contribution < -0.4 is 4.90 Å². The molecule has 0 N–H and O–H groups in total. The number of carbonyl (C=O) groups is 2. The molecule has 0 aliphatic carbocycles. The first-order chi connectivity index (χ1) is 8.43. The van der Waals surface area contributed by atoms with Crippen molar-refractivity contribution in [2.24, 2.45) is 0 Å². The fourth-order valence-electron chi connectivity index (χ4n) is 1.83. The molecule has 1 aromatic rings. The summed E-state index contributed by atoms with van der Waals surface area (Å²) >= 11 is 0. The summed E-state index contributed by atoms with van der Waals surface area (Å²) < 4.78 is 34.4. The van der Waals surface area contributed by atoms with E-state index in [0.29, 0.717) is 6.29 Å². The lowest BCUT2D eigenvalue weighted by Gasteiger charge is -2.17. The van der Waals surface area contributed by atoms with Gasteiger partial charge in [-0.25, -0.2) is 0 Å². The summed E-state index contributed by atoms with van der Waals surface area (Å²) in [6, 6.07) is 1.41. The number of aldehydes is 1. The number of nitrogens with zero attached hydrogens (tertiary/aromatic N) is 2. The van der Waals surface area contributed by atoms with Gasteiger partial charge in [-0.1, -0.05) is 0 Å². The Labute approximate surface area is 103 Å². The van der Waals surface area contributed by atoms with E-state index in [1.165, 1.54) is 18.5 Å². The van der Waals surface area contributed by atoms with Crippen LogP contribution in [0.15, 0.2) is 18.5 Å². The minimum absolute atomic E-state index is 0.155. The number of halogens is 1. The third-order valence-electron chi connectivity index (χ3n) is 2.73. The van der Waals surface area contributed by atoms with Crippen LogP contribution in [0.5, 0.6) is 0 Å². The van der Waals surface area contributed by atoms with E-state index in [4.69, 9.17) is 0 Å².